The Hall–Kier alpha value is -1.27. The standard InChI is InChI=1S/C45H83ClN2O3S/c1-5-8-10-12-14-16-18-20-22-24-26-28-30-32-34-41(35-33-31-29-27-25-23-21-19-17-15-13-11-9-6-2)39-42-40-43(46)36-37-44(42)52(50,51)48(4)45(49)47-38-7-3/h36-37,40-41H,5-35,38-39H2,1-4H3,(H,47,49). The van der Waals surface area contributed by atoms with Crippen LogP contribution < -0.4 is 5.32 Å². The molecule has 0 aromatic heterocycles. The van der Waals surface area contributed by atoms with Gasteiger partial charge in [-0.3, -0.25) is 0 Å². The van der Waals surface area contributed by atoms with E-state index in [4.69, 9.17) is 11.6 Å². The zero-order valence-electron chi connectivity index (χ0n) is 34.6. The van der Waals surface area contributed by atoms with E-state index in [1.54, 1.807) is 12.1 Å². The number of benzene rings is 1. The number of hydrogen-bond donors (Lipinski definition) is 1. The molecule has 2 amide bonds. The number of nitrogens with zero attached hydrogens (tertiary/aromatic N) is 1. The Kier molecular flexibility index (Phi) is 31.0. The van der Waals surface area contributed by atoms with E-state index in [2.05, 4.69) is 19.2 Å². The van der Waals surface area contributed by atoms with Crippen molar-refractivity contribution in [3.05, 3.63) is 28.8 Å². The van der Waals surface area contributed by atoms with Crippen LogP contribution >= 0.6 is 11.6 Å². The normalized spacial score (nSPS) is 11.8. The fourth-order valence-corrected chi connectivity index (χ4v) is 8.96. The molecule has 0 bridgehead atoms. The summed E-state index contributed by atoms with van der Waals surface area (Å²) in [7, 11) is -2.65. The van der Waals surface area contributed by atoms with Gasteiger partial charge in [0.1, 0.15) is 0 Å². The fourth-order valence-electron chi connectivity index (χ4n) is 7.47. The van der Waals surface area contributed by atoms with Gasteiger partial charge in [-0.2, -0.15) is 0 Å². The second-order valence-corrected chi connectivity index (χ2v) is 18.2. The van der Waals surface area contributed by atoms with Crippen LogP contribution in [-0.2, 0) is 16.4 Å². The Balaban J connectivity index is 2.61. The molecule has 7 heteroatoms. The lowest BCUT2D eigenvalue weighted by Gasteiger charge is -2.23. The van der Waals surface area contributed by atoms with Crippen molar-refractivity contribution in [1.82, 2.24) is 9.62 Å². The van der Waals surface area contributed by atoms with Gasteiger partial charge in [-0.1, -0.05) is 225 Å². The van der Waals surface area contributed by atoms with E-state index in [1.165, 1.54) is 187 Å². The average molecular weight is 768 g/mol. The summed E-state index contributed by atoms with van der Waals surface area (Å²) in [6.07, 6.45) is 41.4. The highest BCUT2D eigenvalue weighted by Gasteiger charge is 2.28. The van der Waals surface area contributed by atoms with Crippen LogP contribution in [0.15, 0.2) is 23.1 Å². The zero-order chi connectivity index (χ0) is 38.1. The van der Waals surface area contributed by atoms with Crippen LogP contribution in [0.5, 0.6) is 0 Å². The van der Waals surface area contributed by atoms with Gasteiger partial charge >= 0.3 is 6.03 Å². The van der Waals surface area contributed by atoms with E-state index in [-0.39, 0.29) is 4.90 Å². The second kappa shape index (κ2) is 33.1. The summed E-state index contributed by atoms with van der Waals surface area (Å²) >= 11 is 6.45. The number of carbonyl (C=O) groups is 1. The zero-order valence-corrected chi connectivity index (χ0v) is 36.2. The quantitative estimate of drug-likeness (QED) is 0.0692. The highest BCUT2D eigenvalue weighted by atomic mass is 35.5. The summed E-state index contributed by atoms with van der Waals surface area (Å²) in [6, 6.07) is 4.44. The third-order valence-corrected chi connectivity index (χ3v) is 13.0. The molecule has 5 nitrogen and oxygen atoms in total. The molecule has 1 N–H and O–H groups in total. The van der Waals surface area contributed by atoms with E-state index >= 15 is 0 Å². The van der Waals surface area contributed by atoms with Gasteiger partial charge in [0, 0.05) is 18.6 Å². The van der Waals surface area contributed by atoms with Crippen molar-refractivity contribution in [3.8, 4) is 0 Å². The molecule has 0 fully saturated rings. The summed E-state index contributed by atoms with van der Waals surface area (Å²) in [4.78, 5) is 12.9. The SMILES string of the molecule is CCCCCCCCCCCCCCCCC(CCCCCCCCCCCCCCCC)Cc1cc(Cl)ccc1S(=O)(=O)N(C)C(=O)NCCC. The van der Waals surface area contributed by atoms with Crippen LogP contribution in [0.4, 0.5) is 4.79 Å². The number of urea groups is 1. The molecule has 0 saturated carbocycles. The topological polar surface area (TPSA) is 66.5 Å². The molecule has 304 valence electrons. The average Bonchev–Trinajstić information content (AvgIpc) is 3.13. The van der Waals surface area contributed by atoms with Gasteiger partial charge < -0.3 is 5.32 Å². The van der Waals surface area contributed by atoms with Crippen molar-refractivity contribution < 1.29 is 13.2 Å². The van der Waals surface area contributed by atoms with Gasteiger partial charge in [0.15, 0.2) is 0 Å². The van der Waals surface area contributed by atoms with Crippen LogP contribution in [0.2, 0.25) is 5.02 Å². The maximum atomic E-state index is 13.7. The Morgan fingerprint density at radius 3 is 1.33 bits per heavy atom. The van der Waals surface area contributed by atoms with Crippen LogP contribution in [-0.4, -0.2) is 32.3 Å². The maximum Gasteiger partial charge on any atom is 0.331 e. The van der Waals surface area contributed by atoms with Gasteiger partial charge in [-0.25, -0.2) is 17.5 Å². The van der Waals surface area contributed by atoms with E-state index in [1.807, 2.05) is 13.0 Å². The first-order valence-corrected chi connectivity index (χ1v) is 24.1. The number of halogens is 1. The number of nitrogens with one attached hydrogen (secondary N) is 1. The lowest BCUT2D eigenvalue weighted by molar-refractivity contribution is 0.228. The minimum absolute atomic E-state index is 0.206. The minimum Gasteiger partial charge on any atom is -0.337 e. The molecule has 0 aliphatic carbocycles. The lowest BCUT2D eigenvalue weighted by Crippen LogP contribution is -2.41. The molecule has 1 rings (SSSR count). The monoisotopic (exact) mass is 767 g/mol. The Morgan fingerprint density at radius 2 is 0.962 bits per heavy atom. The van der Waals surface area contributed by atoms with Gasteiger partial charge in [0.05, 0.1) is 4.90 Å². The summed E-state index contributed by atoms with van der Waals surface area (Å²) < 4.78 is 28.2. The molecule has 0 saturated heterocycles. The Labute approximate surface area is 328 Å². The number of amides is 2. The van der Waals surface area contributed by atoms with E-state index in [9.17, 15) is 13.2 Å². The molecule has 0 heterocycles. The highest BCUT2D eigenvalue weighted by molar-refractivity contribution is 7.89. The molecule has 0 atom stereocenters. The summed E-state index contributed by atoms with van der Waals surface area (Å²) in [6.45, 7) is 6.95. The molecule has 0 radical (unpaired) electrons. The summed E-state index contributed by atoms with van der Waals surface area (Å²) in [5.41, 5.74) is 0.739. The van der Waals surface area contributed by atoms with E-state index < -0.39 is 16.1 Å². The molecule has 1 aromatic rings. The third-order valence-electron chi connectivity index (χ3n) is 10.9. The first-order chi connectivity index (χ1) is 25.3. The molecular formula is C45H83ClN2O3S. The van der Waals surface area contributed by atoms with Crippen molar-refractivity contribution in [2.45, 2.75) is 231 Å². The van der Waals surface area contributed by atoms with Crippen molar-refractivity contribution in [2.75, 3.05) is 13.6 Å². The summed E-state index contributed by atoms with van der Waals surface area (Å²) in [5, 5.41) is 3.24. The van der Waals surface area contributed by atoms with Crippen LogP contribution in [0.1, 0.15) is 225 Å². The van der Waals surface area contributed by atoms with E-state index in [0.29, 0.717) is 23.9 Å². The van der Waals surface area contributed by atoms with Gasteiger partial charge in [-0.15, -0.1) is 0 Å². The largest absolute Gasteiger partial charge is 0.337 e. The van der Waals surface area contributed by atoms with Crippen molar-refractivity contribution in [2.24, 2.45) is 5.92 Å². The Morgan fingerprint density at radius 1 is 0.596 bits per heavy atom. The van der Waals surface area contributed by atoms with Crippen molar-refractivity contribution in [1.29, 1.82) is 0 Å². The maximum absolute atomic E-state index is 13.7. The predicted molar refractivity (Wildman–Crippen MR) is 227 cm³/mol. The Bertz CT molecular complexity index is 1060. The second-order valence-electron chi connectivity index (χ2n) is 15.8. The molecule has 52 heavy (non-hydrogen) atoms. The van der Waals surface area contributed by atoms with Gasteiger partial charge in [-0.05, 0) is 42.5 Å². The van der Waals surface area contributed by atoms with Crippen molar-refractivity contribution in [3.63, 3.8) is 0 Å². The smallest absolute Gasteiger partial charge is 0.331 e. The van der Waals surface area contributed by atoms with Crippen LogP contribution in [0.3, 0.4) is 0 Å². The van der Waals surface area contributed by atoms with E-state index in [0.717, 1.165) is 29.1 Å². The number of rotatable bonds is 36. The predicted octanol–water partition coefficient (Wildman–Crippen LogP) is 15.0. The molecule has 0 spiro atoms. The lowest BCUT2D eigenvalue weighted by atomic mass is 9.88. The molecule has 0 aliphatic rings. The molecule has 1 aromatic carbocycles. The number of sulfonamides is 1. The van der Waals surface area contributed by atoms with Crippen molar-refractivity contribution >= 4 is 27.7 Å². The van der Waals surface area contributed by atoms with Crippen LogP contribution in [0, 0.1) is 5.92 Å². The van der Waals surface area contributed by atoms with Gasteiger partial charge in [0.25, 0.3) is 10.0 Å². The number of carbonyl (C=O) groups excluding carboxylic acids is 1. The first-order valence-electron chi connectivity index (χ1n) is 22.3. The van der Waals surface area contributed by atoms with Crippen LogP contribution in [0.25, 0.3) is 0 Å². The molecule has 0 aliphatic heterocycles. The number of hydrogen-bond acceptors (Lipinski definition) is 3. The first kappa shape index (κ1) is 48.7. The highest BCUT2D eigenvalue weighted by Crippen LogP contribution is 2.30. The number of unbranched alkanes of at least 4 members (excludes halogenated alkanes) is 26. The minimum atomic E-state index is -4.00. The molecule has 0 unspecified atom stereocenters. The third kappa shape index (κ3) is 24.2. The van der Waals surface area contributed by atoms with Gasteiger partial charge in [0.2, 0.25) is 0 Å². The fraction of sp³-hybridized carbons (Fsp3) is 0.844. The molecular weight excluding hydrogens is 684 g/mol. The summed E-state index contributed by atoms with van der Waals surface area (Å²) in [5.74, 6) is 0.404.